The molecule has 0 saturated carbocycles. The van der Waals surface area contributed by atoms with Gasteiger partial charge in [-0.05, 0) is 13.0 Å². The summed E-state index contributed by atoms with van der Waals surface area (Å²) in [4.78, 5) is 17.0. The van der Waals surface area contributed by atoms with Crippen LogP contribution in [-0.2, 0) is 4.79 Å². The van der Waals surface area contributed by atoms with Crippen molar-refractivity contribution in [3.05, 3.63) is 24.0 Å². The molecular formula is C11H14N4O. The van der Waals surface area contributed by atoms with Crippen molar-refractivity contribution >= 4 is 11.6 Å². The largest absolute Gasteiger partial charge is 0.363 e. The van der Waals surface area contributed by atoms with E-state index in [1.165, 1.54) is 0 Å². The van der Waals surface area contributed by atoms with Gasteiger partial charge in [0.05, 0.1) is 24.0 Å². The lowest BCUT2D eigenvalue weighted by Crippen LogP contribution is -2.35. The molecule has 0 aromatic carbocycles. The predicted molar refractivity (Wildman–Crippen MR) is 60.9 cm³/mol. The fourth-order valence-electron chi connectivity index (χ4n) is 1.34. The summed E-state index contributed by atoms with van der Waals surface area (Å²) in [5.41, 5.74) is 1.18. The maximum absolute atomic E-state index is 11.4. The Bertz CT molecular complexity index is 411. The molecule has 0 radical (unpaired) electrons. The third-order valence-electron chi connectivity index (χ3n) is 2.09. The Morgan fingerprint density at radius 2 is 2.44 bits per heavy atom. The molecule has 1 rings (SSSR count). The van der Waals surface area contributed by atoms with Crippen molar-refractivity contribution in [2.75, 3.05) is 25.0 Å². The lowest BCUT2D eigenvalue weighted by atomic mass is 10.2. The van der Waals surface area contributed by atoms with Gasteiger partial charge in [-0.2, -0.15) is 5.26 Å². The molecule has 16 heavy (non-hydrogen) atoms. The number of pyridine rings is 1. The summed E-state index contributed by atoms with van der Waals surface area (Å²) in [5, 5.41) is 11.6. The van der Waals surface area contributed by atoms with Crippen molar-refractivity contribution in [1.82, 2.24) is 10.3 Å². The fraction of sp³-hybridized carbons (Fsp3) is 0.364. The minimum absolute atomic E-state index is 0.0715. The van der Waals surface area contributed by atoms with Gasteiger partial charge in [-0.25, -0.2) is 0 Å². The number of hydrogen-bond acceptors (Lipinski definition) is 4. The number of rotatable bonds is 4. The van der Waals surface area contributed by atoms with Crippen molar-refractivity contribution in [3.63, 3.8) is 0 Å². The molecule has 0 bridgehead atoms. The van der Waals surface area contributed by atoms with Crippen LogP contribution in [0.2, 0.25) is 0 Å². The second-order valence-corrected chi connectivity index (χ2v) is 3.31. The average molecular weight is 218 g/mol. The van der Waals surface area contributed by atoms with Crippen LogP contribution in [0.3, 0.4) is 0 Å². The highest BCUT2D eigenvalue weighted by molar-refractivity contribution is 5.81. The summed E-state index contributed by atoms with van der Waals surface area (Å²) in [7, 11) is 1.76. The first-order valence-corrected chi connectivity index (χ1v) is 5.01. The highest BCUT2D eigenvalue weighted by Crippen LogP contribution is 2.15. The molecule has 0 unspecified atom stereocenters. The molecule has 1 aromatic heterocycles. The summed E-state index contributed by atoms with van der Waals surface area (Å²) >= 11 is 0. The molecular weight excluding hydrogens is 204 g/mol. The zero-order chi connectivity index (χ0) is 12.0. The molecule has 1 N–H and O–H groups in total. The lowest BCUT2D eigenvalue weighted by Gasteiger charge is -2.18. The fourth-order valence-corrected chi connectivity index (χ4v) is 1.34. The molecule has 0 aliphatic rings. The van der Waals surface area contributed by atoms with Crippen molar-refractivity contribution in [1.29, 1.82) is 5.26 Å². The molecule has 5 heteroatoms. The maximum atomic E-state index is 11.4. The SMILES string of the molecule is CCNC(=O)CN(C)c1cnccc1C#N. The number of nitriles is 1. The van der Waals surface area contributed by atoms with Crippen LogP contribution in [0.15, 0.2) is 18.5 Å². The number of carbonyl (C=O) groups is 1. The number of likely N-dealkylation sites (N-methyl/N-ethyl adjacent to an activating group) is 2. The van der Waals surface area contributed by atoms with Crippen LogP contribution < -0.4 is 10.2 Å². The minimum Gasteiger partial charge on any atom is -0.363 e. The Morgan fingerprint density at radius 1 is 1.69 bits per heavy atom. The Hall–Kier alpha value is -2.09. The van der Waals surface area contributed by atoms with E-state index in [-0.39, 0.29) is 12.5 Å². The van der Waals surface area contributed by atoms with Crippen LogP contribution in [0.1, 0.15) is 12.5 Å². The first-order valence-electron chi connectivity index (χ1n) is 5.01. The third kappa shape index (κ3) is 2.95. The standard InChI is InChI=1S/C11H14N4O/c1-3-14-11(16)8-15(2)10-7-13-5-4-9(10)6-12/h4-5,7H,3,8H2,1-2H3,(H,14,16). The number of nitrogens with one attached hydrogen (secondary N) is 1. The Morgan fingerprint density at radius 3 is 3.06 bits per heavy atom. The maximum Gasteiger partial charge on any atom is 0.239 e. The van der Waals surface area contributed by atoms with Gasteiger partial charge in [0.15, 0.2) is 0 Å². The molecule has 0 fully saturated rings. The van der Waals surface area contributed by atoms with Gasteiger partial charge >= 0.3 is 0 Å². The van der Waals surface area contributed by atoms with E-state index in [2.05, 4.69) is 16.4 Å². The number of anilines is 1. The van der Waals surface area contributed by atoms with Gasteiger partial charge in [0.25, 0.3) is 0 Å². The third-order valence-corrected chi connectivity index (χ3v) is 2.09. The van der Waals surface area contributed by atoms with Gasteiger partial charge in [-0.1, -0.05) is 0 Å². The Balaban J connectivity index is 2.77. The van der Waals surface area contributed by atoms with E-state index in [1.54, 1.807) is 30.4 Å². The normalized spacial score (nSPS) is 9.31. The molecule has 84 valence electrons. The monoisotopic (exact) mass is 218 g/mol. The first-order chi connectivity index (χ1) is 7.69. The molecule has 5 nitrogen and oxygen atoms in total. The number of carbonyl (C=O) groups excluding carboxylic acids is 1. The van der Waals surface area contributed by atoms with E-state index < -0.39 is 0 Å². The van der Waals surface area contributed by atoms with Crippen molar-refractivity contribution < 1.29 is 4.79 Å². The zero-order valence-corrected chi connectivity index (χ0v) is 9.40. The van der Waals surface area contributed by atoms with E-state index >= 15 is 0 Å². The van der Waals surface area contributed by atoms with Crippen LogP contribution in [0.5, 0.6) is 0 Å². The second-order valence-electron chi connectivity index (χ2n) is 3.31. The Kier molecular flexibility index (Phi) is 4.28. The Labute approximate surface area is 94.7 Å². The molecule has 0 saturated heterocycles. The second kappa shape index (κ2) is 5.71. The topological polar surface area (TPSA) is 69.0 Å². The first kappa shape index (κ1) is 12.0. The van der Waals surface area contributed by atoms with Gasteiger partial charge in [0, 0.05) is 19.8 Å². The highest BCUT2D eigenvalue weighted by atomic mass is 16.1. The lowest BCUT2D eigenvalue weighted by molar-refractivity contribution is -0.119. The van der Waals surface area contributed by atoms with Crippen LogP contribution in [0.25, 0.3) is 0 Å². The molecule has 0 aliphatic heterocycles. The summed E-state index contributed by atoms with van der Waals surface area (Å²) in [5.74, 6) is -0.0715. The van der Waals surface area contributed by atoms with Crippen LogP contribution >= 0.6 is 0 Å². The van der Waals surface area contributed by atoms with Gasteiger partial charge in [-0.15, -0.1) is 0 Å². The van der Waals surface area contributed by atoms with Crippen LogP contribution in [0, 0.1) is 11.3 Å². The summed E-state index contributed by atoms with van der Waals surface area (Å²) < 4.78 is 0. The minimum atomic E-state index is -0.0715. The smallest absolute Gasteiger partial charge is 0.239 e. The van der Waals surface area contributed by atoms with Gasteiger partial charge in [0.1, 0.15) is 6.07 Å². The van der Waals surface area contributed by atoms with Gasteiger partial charge in [-0.3, -0.25) is 9.78 Å². The highest BCUT2D eigenvalue weighted by Gasteiger charge is 2.10. The quantitative estimate of drug-likeness (QED) is 0.800. The molecule has 1 amide bonds. The van der Waals surface area contributed by atoms with Crippen molar-refractivity contribution in [2.45, 2.75) is 6.92 Å². The van der Waals surface area contributed by atoms with E-state index in [0.29, 0.717) is 17.8 Å². The molecule has 0 aliphatic carbocycles. The van der Waals surface area contributed by atoms with Crippen LogP contribution in [-0.4, -0.2) is 31.0 Å². The summed E-state index contributed by atoms with van der Waals surface area (Å²) in [6.45, 7) is 2.68. The summed E-state index contributed by atoms with van der Waals surface area (Å²) in [6, 6.07) is 3.70. The van der Waals surface area contributed by atoms with Crippen molar-refractivity contribution in [3.8, 4) is 6.07 Å². The number of amides is 1. The van der Waals surface area contributed by atoms with E-state index in [9.17, 15) is 4.79 Å². The van der Waals surface area contributed by atoms with Gasteiger partial charge in [0.2, 0.25) is 5.91 Å². The van der Waals surface area contributed by atoms with E-state index in [1.807, 2.05) is 6.92 Å². The molecule has 0 spiro atoms. The zero-order valence-electron chi connectivity index (χ0n) is 9.40. The van der Waals surface area contributed by atoms with Crippen molar-refractivity contribution in [2.24, 2.45) is 0 Å². The predicted octanol–water partition coefficient (Wildman–Crippen LogP) is 0.526. The number of hydrogen-bond donors (Lipinski definition) is 1. The summed E-state index contributed by atoms with van der Waals surface area (Å²) in [6.07, 6.45) is 3.14. The molecule has 1 aromatic rings. The van der Waals surface area contributed by atoms with E-state index in [4.69, 9.17) is 5.26 Å². The number of nitrogens with zero attached hydrogens (tertiary/aromatic N) is 3. The van der Waals surface area contributed by atoms with E-state index in [0.717, 1.165) is 0 Å². The van der Waals surface area contributed by atoms with Crippen LogP contribution in [0.4, 0.5) is 5.69 Å². The molecule has 1 heterocycles. The molecule has 0 atom stereocenters. The van der Waals surface area contributed by atoms with Gasteiger partial charge < -0.3 is 10.2 Å². The number of aromatic nitrogens is 1. The average Bonchev–Trinajstić information content (AvgIpc) is 2.29.